The molecule has 0 bridgehead atoms. The van der Waals surface area contributed by atoms with E-state index in [2.05, 4.69) is 21.3 Å². The van der Waals surface area contributed by atoms with Gasteiger partial charge in [0, 0.05) is 12.8 Å². The molecule has 0 aromatic heterocycles. The van der Waals surface area contributed by atoms with Crippen LogP contribution >= 0.6 is 11.8 Å². The smallest absolute Gasteiger partial charge is 0.389 e. The van der Waals surface area contributed by atoms with Crippen molar-refractivity contribution in [1.29, 1.82) is 0 Å². The second kappa shape index (κ2) is 19.4. The van der Waals surface area contributed by atoms with Gasteiger partial charge in [0.1, 0.15) is 23.9 Å². The number of rotatable bonds is 19. The molecule has 47 heavy (non-hydrogen) atoms. The van der Waals surface area contributed by atoms with Crippen molar-refractivity contribution in [2.24, 2.45) is 11.5 Å². The SMILES string of the molecule is CSCC[C@H](NC(=O)[C@H](Cc1ccccc1)NC(=O)CNC(=O)[C@H](CCCC(F)(F)F)NC(=O)[C@@H](N)Cc1ccc(O)cc1)C(N)=O. The van der Waals surface area contributed by atoms with Gasteiger partial charge in [-0.1, -0.05) is 42.5 Å². The van der Waals surface area contributed by atoms with E-state index >= 15 is 0 Å². The van der Waals surface area contributed by atoms with Crippen molar-refractivity contribution in [2.45, 2.75) is 68.9 Å². The molecule has 16 heteroatoms. The lowest BCUT2D eigenvalue weighted by atomic mass is 10.0. The predicted molar refractivity (Wildman–Crippen MR) is 171 cm³/mol. The van der Waals surface area contributed by atoms with Gasteiger partial charge in [-0.25, -0.2) is 0 Å². The van der Waals surface area contributed by atoms with Crippen LogP contribution in [-0.2, 0) is 36.8 Å². The van der Waals surface area contributed by atoms with Gasteiger partial charge >= 0.3 is 6.18 Å². The fourth-order valence-corrected chi connectivity index (χ4v) is 4.89. The van der Waals surface area contributed by atoms with Crippen LogP contribution in [0.2, 0.25) is 0 Å². The molecule has 258 valence electrons. The van der Waals surface area contributed by atoms with Crippen molar-refractivity contribution in [3.63, 3.8) is 0 Å². The number of primary amides is 1. The first kappa shape index (κ1) is 38.9. The van der Waals surface area contributed by atoms with Gasteiger partial charge in [0.15, 0.2) is 0 Å². The third-order valence-corrected chi connectivity index (χ3v) is 7.59. The van der Waals surface area contributed by atoms with E-state index in [0.29, 0.717) is 16.9 Å². The van der Waals surface area contributed by atoms with Crippen molar-refractivity contribution >= 4 is 41.3 Å². The summed E-state index contributed by atoms with van der Waals surface area (Å²) in [5.41, 5.74) is 12.7. The number of alkyl halides is 3. The Kier molecular flexibility index (Phi) is 16.0. The van der Waals surface area contributed by atoms with Crippen LogP contribution in [-0.4, -0.2) is 83.5 Å². The first-order valence-electron chi connectivity index (χ1n) is 14.8. The normalized spacial score (nSPS) is 13.8. The fraction of sp³-hybridized carbons (Fsp3) is 0.452. The van der Waals surface area contributed by atoms with E-state index in [-0.39, 0.29) is 25.0 Å². The molecule has 2 aromatic carbocycles. The van der Waals surface area contributed by atoms with Crippen LogP contribution in [0.25, 0.3) is 0 Å². The molecule has 0 aliphatic carbocycles. The number of carbonyl (C=O) groups is 5. The minimum Gasteiger partial charge on any atom is -0.508 e. The molecule has 0 fully saturated rings. The summed E-state index contributed by atoms with van der Waals surface area (Å²) < 4.78 is 38.4. The molecule has 0 saturated carbocycles. The average molecular weight is 683 g/mol. The Balaban J connectivity index is 2.09. The minimum atomic E-state index is -4.49. The number of phenolic OH excluding ortho intramolecular Hbond substituents is 1. The molecule has 4 atom stereocenters. The lowest BCUT2D eigenvalue weighted by molar-refractivity contribution is -0.138. The third kappa shape index (κ3) is 15.2. The van der Waals surface area contributed by atoms with E-state index < -0.39 is 85.7 Å². The molecular formula is C31H41F3N6O6S. The number of nitrogens with one attached hydrogen (secondary N) is 4. The van der Waals surface area contributed by atoms with E-state index in [4.69, 9.17) is 11.5 Å². The molecule has 0 heterocycles. The van der Waals surface area contributed by atoms with Crippen LogP contribution in [0.1, 0.15) is 36.8 Å². The maximum Gasteiger partial charge on any atom is 0.389 e. The second-order valence-electron chi connectivity index (χ2n) is 10.8. The molecule has 0 unspecified atom stereocenters. The fourth-order valence-electron chi connectivity index (χ4n) is 4.42. The highest BCUT2D eigenvalue weighted by Crippen LogP contribution is 2.23. The van der Waals surface area contributed by atoms with Gasteiger partial charge in [-0.15, -0.1) is 0 Å². The number of phenols is 1. The summed E-state index contributed by atoms with van der Waals surface area (Å²) in [4.78, 5) is 63.7. The number of benzene rings is 2. The summed E-state index contributed by atoms with van der Waals surface area (Å²) in [6.45, 7) is -0.672. The van der Waals surface area contributed by atoms with Gasteiger partial charge in [0.2, 0.25) is 29.5 Å². The molecule has 0 spiro atoms. The van der Waals surface area contributed by atoms with Crippen LogP contribution in [0.3, 0.4) is 0 Å². The van der Waals surface area contributed by atoms with Gasteiger partial charge < -0.3 is 37.8 Å². The summed E-state index contributed by atoms with van der Waals surface area (Å²) in [6.07, 6.45) is -4.43. The van der Waals surface area contributed by atoms with Crippen molar-refractivity contribution in [3.05, 3.63) is 65.7 Å². The number of carbonyl (C=O) groups excluding carboxylic acids is 5. The van der Waals surface area contributed by atoms with Crippen LogP contribution in [0, 0.1) is 0 Å². The lowest BCUT2D eigenvalue weighted by Gasteiger charge is -2.23. The average Bonchev–Trinajstić information content (AvgIpc) is 3.01. The van der Waals surface area contributed by atoms with E-state index in [0.717, 1.165) is 0 Å². The van der Waals surface area contributed by atoms with Gasteiger partial charge in [-0.3, -0.25) is 24.0 Å². The molecule has 0 aliphatic heterocycles. The lowest BCUT2D eigenvalue weighted by Crippen LogP contribution is -2.56. The number of aromatic hydroxyl groups is 1. The number of amides is 5. The Morgan fingerprint density at radius 3 is 2.02 bits per heavy atom. The number of halogens is 3. The largest absolute Gasteiger partial charge is 0.508 e. The summed E-state index contributed by atoms with van der Waals surface area (Å²) in [5, 5.41) is 19.2. The standard InChI is InChI=1S/C31H41F3N6O6S/c1-47-15-13-23(27(36)43)39-30(46)25(17-19-6-3-2-4-7-19)38-26(42)18-37-29(45)24(8-5-14-31(32,33)34)40-28(44)22(35)16-20-9-11-21(41)12-10-20/h2-4,6-7,9-12,22-25,41H,5,8,13-18,35H2,1H3,(H2,36,43)(H,37,45)(H,38,42)(H,39,46)(H,40,44)/t22-,23-,24-,25-/m0/s1. The summed E-state index contributed by atoms with van der Waals surface area (Å²) in [6, 6.07) is 9.81. The van der Waals surface area contributed by atoms with E-state index in [1.54, 1.807) is 30.3 Å². The highest BCUT2D eigenvalue weighted by Gasteiger charge is 2.30. The Morgan fingerprint density at radius 1 is 0.809 bits per heavy atom. The molecule has 2 rings (SSSR count). The Hall–Kier alpha value is -4.31. The van der Waals surface area contributed by atoms with E-state index in [1.165, 1.54) is 36.0 Å². The van der Waals surface area contributed by atoms with E-state index in [9.17, 15) is 42.3 Å². The van der Waals surface area contributed by atoms with Gasteiger partial charge in [-0.2, -0.15) is 24.9 Å². The zero-order chi connectivity index (χ0) is 35.0. The molecular weight excluding hydrogens is 641 g/mol. The zero-order valence-electron chi connectivity index (χ0n) is 25.8. The number of nitrogens with two attached hydrogens (primary N) is 2. The highest BCUT2D eigenvalue weighted by atomic mass is 32.2. The predicted octanol–water partition coefficient (Wildman–Crippen LogP) is 1.05. The van der Waals surface area contributed by atoms with Crippen molar-refractivity contribution in [2.75, 3.05) is 18.6 Å². The molecule has 5 amide bonds. The van der Waals surface area contributed by atoms with Crippen LogP contribution in [0.4, 0.5) is 13.2 Å². The van der Waals surface area contributed by atoms with Gasteiger partial charge in [-0.05, 0) is 61.0 Å². The first-order valence-corrected chi connectivity index (χ1v) is 16.2. The number of hydrogen-bond acceptors (Lipinski definition) is 8. The number of thioether (sulfide) groups is 1. The number of hydrogen-bond donors (Lipinski definition) is 7. The van der Waals surface area contributed by atoms with E-state index in [1.807, 2.05) is 6.26 Å². The second-order valence-corrected chi connectivity index (χ2v) is 11.8. The molecule has 2 aromatic rings. The van der Waals surface area contributed by atoms with Crippen LogP contribution in [0.5, 0.6) is 5.75 Å². The Morgan fingerprint density at radius 2 is 1.43 bits per heavy atom. The first-order chi connectivity index (χ1) is 22.2. The highest BCUT2D eigenvalue weighted by molar-refractivity contribution is 7.98. The topological polar surface area (TPSA) is 206 Å². The summed E-state index contributed by atoms with van der Waals surface area (Å²) in [5.74, 6) is -3.42. The van der Waals surface area contributed by atoms with Crippen molar-refractivity contribution < 1.29 is 42.3 Å². The summed E-state index contributed by atoms with van der Waals surface area (Å²) in [7, 11) is 0. The summed E-state index contributed by atoms with van der Waals surface area (Å²) >= 11 is 1.45. The molecule has 9 N–H and O–H groups in total. The van der Waals surface area contributed by atoms with Crippen LogP contribution < -0.4 is 32.7 Å². The quantitative estimate of drug-likeness (QED) is 0.114. The maximum absolute atomic E-state index is 13.1. The molecule has 12 nitrogen and oxygen atoms in total. The molecule has 0 radical (unpaired) electrons. The molecule has 0 saturated heterocycles. The minimum absolute atomic E-state index is 0.00485. The van der Waals surface area contributed by atoms with Crippen LogP contribution in [0.15, 0.2) is 54.6 Å². The zero-order valence-corrected chi connectivity index (χ0v) is 26.7. The van der Waals surface area contributed by atoms with Gasteiger partial charge in [0.25, 0.3) is 0 Å². The van der Waals surface area contributed by atoms with Crippen molar-refractivity contribution in [1.82, 2.24) is 21.3 Å². The maximum atomic E-state index is 13.1. The third-order valence-electron chi connectivity index (χ3n) is 6.94. The Labute approximate surface area is 275 Å². The van der Waals surface area contributed by atoms with Gasteiger partial charge in [0.05, 0.1) is 12.6 Å². The monoisotopic (exact) mass is 682 g/mol. The van der Waals surface area contributed by atoms with Crippen molar-refractivity contribution in [3.8, 4) is 5.75 Å². The molecule has 0 aliphatic rings. The Bertz CT molecular complexity index is 1330.